The predicted molar refractivity (Wildman–Crippen MR) is 127 cm³/mol. The maximum absolute atomic E-state index is 13.0. The van der Waals surface area contributed by atoms with E-state index in [-0.39, 0.29) is 18.8 Å². The molecule has 2 saturated heterocycles. The number of carbonyl (C=O) groups excluding carboxylic acids is 2. The summed E-state index contributed by atoms with van der Waals surface area (Å²) < 4.78 is 4.81. The van der Waals surface area contributed by atoms with Gasteiger partial charge in [-0.2, -0.15) is 0 Å². The molecular formula is C25H33N5O4. The van der Waals surface area contributed by atoms with Crippen molar-refractivity contribution in [2.45, 2.75) is 38.1 Å². The standard InChI is InChI=1S/C25H33N5O4/c1-34-23(33)25(17-31)15-30(16-25)24-26-12-20(13-27-24)22(32)28-10-7-21(8-11-28)29-9-6-18-4-2-3-5-19(18)14-29/h2-5,12-13,21,24,26,31H,6-11,14-17H2,1H3. The van der Waals surface area contributed by atoms with Crippen LogP contribution in [-0.2, 0) is 27.3 Å². The van der Waals surface area contributed by atoms with Gasteiger partial charge in [0, 0.05) is 57.7 Å². The topological polar surface area (TPSA) is 97.7 Å². The normalized spacial score (nSPS) is 25.1. The van der Waals surface area contributed by atoms with Crippen LogP contribution in [0.1, 0.15) is 24.0 Å². The molecule has 2 N–H and O–H groups in total. The summed E-state index contributed by atoms with van der Waals surface area (Å²) in [6.07, 6.45) is 6.05. The Kier molecular flexibility index (Phi) is 6.42. The zero-order chi connectivity index (χ0) is 23.7. The van der Waals surface area contributed by atoms with Crippen LogP contribution in [0.15, 0.2) is 41.0 Å². The molecule has 0 aromatic heterocycles. The first-order chi connectivity index (χ1) is 16.5. The highest BCUT2D eigenvalue weighted by Gasteiger charge is 2.52. The lowest BCUT2D eigenvalue weighted by atomic mass is 9.80. The van der Waals surface area contributed by atoms with Gasteiger partial charge >= 0.3 is 5.97 Å². The number of piperidine rings is 1. The van der Waals surface area contributed by atoms with Crippen molar-refractivity contribution in [3.05, 3.63) is 47.2 Å². The van der Waals surface area contributed by atoms with E-state index < -0.39 is 11.4 Å². The number of benzene rings is 1. The number of aliphatic hydroxyl groups excluding tert-OH is 1. The number of ether oxygens (including phenoxy) is 1. The molecule has 4 aliphatic rings. The molecule has 1 aromatic carbocycles. The summed E-state index contributed by atoms with van der Waals surface area (Å²) in [5.41, 5.74) is 2.56. The Balaban J connectivity index is 1.10. The van der Waals surface area contributed by atoms with Gasteiger partial charge < -0.3 is 20.1 Å². The molecule has 0 radical (unpaired) electrons. The van der Waals surface area contributed by atoms with Crippen LogP contribution >= 0.6 is 0 Å². The molecule has 5 rings (SSSR count). The van der Waals surface area contributed by atoms with E-state index in [0.717, 1.165) is 45.4 Å². The summed E-state index contributed by atoms with van der Waals surface area (Å²) >= 11 is 0. The minimum atomic E-state index is -0.882. The number of carbonyl (C=O) groups is 2. The average molecular weight is 468 g/mol. The molecule has 9 heteroatoms. The van der Waals surface area contributed by atoms with Gasteiger partial charge in [0.2, 0.25) is 0 Å². The monoisotopic (exact) mass is 467 g/mol. The Morgan fingerprint density at radius 1 is 1.15 bits per heavy atom. The number of methoxy groups -OCH3 is 1. The van der Waals surface area contributed by atoms with Crippen LogP contribution in [0.2, 0.25) is 0 Å². The number of amides is 1. The smallest absolute Gasteiger partial charge is 0.316 e. The van der Waals surface area contributed by atoms with Crippen LogP contribution in [-0.4, -0.2) is 96.7 Å². The zero-order valence-corrected chi connectivity index (χ0v) is 19.7. The molecule has 4 heterocycles. The molecule has 0 aliphatic carbocycles. The number of aliphatic hydroxyl groups is 1. The van der Waals surface area contributed by atoms with Gasteiger partial charge in [-0.05, 0) is 30.4 Å². The van der Waals surface area contributed by atoms with Gasteiger partial charge in [-0.3, -0.25) is 24.4 Å². The first kappa shape index (κ1) is 23.0. The number of aliphatic imine (C=N–C) groups is 1. The minimum Gasteiger partial charge on any atom is -0.468 e. The molecule has 1 amide bonds. The number of nitrogens with zero attached hydrogens (tertiary/aromatic N) is 4. The van der Waals surface area contributed by atoms with Crippen molar-refractivity contribution in [3.63, 3.8) is 0 Å². The van der Waals surface area contributed by atoms with Gasteiger partial charge in [0.1, 0.15) is 5.41 Å². The highest BCUT2D eigenvalue weighted by molar-refractivity contribution is 6.12. The van der Waals surface area contributed by atoms with Gasteiger partial charge in [0.15, 0.2) is 6.29 Å². The molecule has 1 aromatic rings. The van der Waals surface area contributed by atoms with Crippen molar-refractivity contribution in [1.82, 2.24) is 20.0 Å². The van der Waals surface area contributed by atoms with Crippen molar-refractivity contribution >= 4 is 18.1 Å². The van der Waals surface area contributed by atoms with E-state index in [1.165, 1.54) is 18.2 Å². The van der Waals surface area contributed by atoms with Crippen LogP contribution in [0.3, 0.4) is 0 Å². The van der Waals surface area contributed by atoms with Gasteiger partial charge in [0.25, 0.3) is 5.91 Å². The molecule has 182 valence electrons. The highest BCUT2D eigenvalue weighted by Crippen LogP contribution is 2.33. The van der Waals surface area contributed by atoms with E-state index in [1.54, 1.807) is 12.4 Å². The van der Waals surface area contributed by atoms with Crippen molar-refractivity contribution in [2.24, 2.45) is 10.4 Å². The number of hydrogen-bond acceptors (Lipinski definition) is 8. The van der Waals surface area contributed by atoms with E-state index >= 15 is 0 Å². The number of likely N-dealkylation sites (tertiary alicyclic amines) is 2. The van der Waals surface area contributed by atoms with Gasteiger partial charge in [-0.25, -0.2) is 0 Å². The maximum atomic E-state index is 13.0. The molecule has 4 aliphatic heterocycles. The SMILES string of the molecule is COC(=O)C1(CO)CN(C2N=CC(C(=O)N3CCC(N4CCc5ccccc5C4)CC3)=CN2)C1. The van der Waals surface area contributed by atoms with Gasteiger partial charge in [0.05, 0.1) is 19.3 Å². The third-order valence-electron chi connectivity index (χ3n) is 7.70. The Morgan fingerprint density at radius 2 is 1.88 bits per heavy atom. The number of rotatable bonds is 5. The summed E-state index contributed by atoms with van der Waals surface area (Å²) in [5.74, 6) is -0.408. The fourth-order valence-corrected chi connectivity index (χ4v) is 5.57. The fourth-order valence-electron chi connectivity index (χ4n) is 5.57. The van der Waals surface area contributed by atoms with Gasteiger partial charge in [-0.15, -0.1) is 0 Å². The van der Waals surface area contributed by atoms with E-state index in [0.29, 0.717) is 24.7 Å². The number of hydrogen-bond donors (Lipinski definition) is 2. The Hall–Kier alpha value is -2.75. The van der Waals surface area contributed by atoms with Crippen LogP contribution in [0.5, 0.6) is 0 Å². The molecule has 34 heavy (non-hydrogen) atoms. The first-order valence-corrected chi connectivity index (χ1v) is 12.1. The second kappa shape index (κ2) is 9.48. The van der Waals surface area contributed by atoms with E-state index in [9.17, 15) is 14.7 Å². The van der Waals surface area contributed by atoms with Crippen LogP contribution < -0.4 is 5.32 Å². The molecule has 2 fully saturated rings. The first-order valence-electron chi connectivity index (χ1n) is 12.1. The average Bonchev–Trinajstić information content (AvgIpc) is 2.88. The summed E-state index contributed by atoms with van der Waals surface area (Å²) in [6.45, 7) is 4.05. The Morgan fingerprint density at radius 3 is 2.53 bits per heavy atom. The molecule has 1 atom stereocenters. The lowest BCUT2D eigenvalue weighted by Crippen LogP contribution is -2.67. The summed E-state index contributed by atoms with van der Waals surface area (Å²) in [5, 5.41) is 12.8. The van der Waals surface area contributed by atoms with E-state index in [1.807, 2.05) is 9.80 Å². The number of esters is 1. The second-order valence-electron chi connectivity index (χ2n) is 9.77. The fraction of sp³-hybridized carbons (Fsp3) is 0.560. The number of fused-ring (bicyclic) bond motifs is 1. The largest absolute Gasteiger partial charge is 0.468 e. The van der Waals surface area contributed by atoms with Crippen molar-refractivity contribution in [2.75, 3.05) is 46.4 Å². The van der Waals surface area contributed by atoms with Crippen molar-refractivity contribution < 1.29 is 19.4 Å². The third kappa shape index (κ3) is 4.23. The van der Waals surface area contributed by atoms with Gasteiger partial charge in [-0.1, -0.05) is 24.3 Å². The summed E-state index contributed by atoms with van der Waals surface area (Å²) in [4.78, 5) is 35.9. The van der Waals surface area contributed by atoms with E-state index in [2.05, 4.69) is 39.5 Å². The quantitative estimate of drug-likeness (QED) is 0.603. The lowest BCUT2D eigenvalue weighted by molar-refractivity contribution is -0.172. The highest BCUT2D eigenvalue weighted by atomic mass is 16.5. The van der Waals surface area contributed by atoms with Crippen molar-refractivity contribution in [1.29, 1.82) is 0 Å². The lowest BCUT2D eigenvalue weighted by Gasteiger charge is -2.49. The molecule has 0 bridgehead atoms. The Labute approximate surface area is 200 Å². The van der Waals surface area contributed by atoms with Crippen LogP contribution in [0.4, 0.5) is 0 Å². The maximum Gasteiger partial charge on any atom is 0.316 e. The van der Waals surface area contributed by atoms with Crippen LogP contribution in [0, 0.1) is 5.41 Å². The Bertz CT molecular complexity index is 995. The summed E-state index contributed by atoms with van der Waals surface area (Å²) in [7, 11) is 1.33. The second-order valence-corrected chi connectivity index (χ2v) is 9.77. The molecular weight excluding hydrogens is 434 g/mol. The molecule has 1 unspecified atom stereocenters. The molecule has 0 saturated carbocycles. The van der Waals surface area contributed by atoms with Crippen molar-refractivity contribution in [3.8, 4) is 0 Å². The third-order valence-corrected chi connectivity index (χ3v) is 7.70. The van der Waals surface area contributed by atoms with Crippen LogP contribution in [0.25, 0.3) is 0 Å². The van der Waals surface area contributed by atoms with E-state index in [4.69, 9.17) is 4.74 Å². The summed E-state index contributed by atoms with van der Waals surface area (Å²) in [6, 6.07) is 9.21. The minimum absolute atomic E-state index is 0.0000139. The number of nitrogens with one attached hydrogen (secondary N) is 1. The predicted octanol–water partition coefficient (Wildman–Crippen LogP) is 0.345. The molecule has 0 spiro atoms. The zero-order valence-electron chi connectivity index (χ0n) is 19.7. The molecule has 9 nitrogen and oxygen atoms in total.